The van der Waals surface area contributed by atoms with Gasteiger partial charge in [0.1, 0.15) is 6.54 Å². The average Bonchev–Trinajstić information content (AvgIpc) is 2.50. The summed E-state index contributed by atoms with van der Waals surface area (Å²) in [6.07, 6.45) is 1.07. The quantitative estimate of drug-likeness (QED) is 0.834. The molecule has 0 aliphatic heterocycles. The fourth-order valence-corrected chi connectivity index (χ4v) is 4.01. The summed E-state index contributed by atoms with van der Waals surface area (Å²) in [5, 5.41) is 3.28. The number of nitrogens with zero attached hydrogens (tertiary/aromatic N) is 1. The number of carbonyl (C=O) groups is 1. The van der Waals surface area contributed by atoms with Crippen LogP contribution in [0.4, 0.5) is 11.4 Å². The van der Waals surface area contributed by atoms with E-state index in [-0.39, 0.29) is 6.54 Å². The molecule has 2 aromatic rings. The Bertz CT molecular complexity index is 932. The van der Waals surface area contributed by atoms with Crippen molar-refractivity contribution in [1.82, 2.24) is 0 Å². The Kier molecular flexibility index (Phi) is 5.98. The first kappa shape index (κ1) is 20.3. The van der Waals surface area contributed by atoms with Crippen LogP contribution in [0.5, 0.6) is 0 Å². The fraction of sp³-hybridized carbons (Fsp3) is 0.316. The minimum atomic E-state index is -3.66. The molecule has 0 unspecified atom stereocenters. The third-order valence-corrected chi connectivity index (χ3v) is 5.67. The first-order valence-corrected chi connectivity index (χ1v) is 10.3. The van der Waals surface area contributed by atoms with Crippen LogP contribution in [0, 0.1) is 27.7 Å². The van der Waals surface area contributed by atoms with Crippen LogP contribution in [0.3, 0.4) is 0 Å². The molecular formula is C19H23ClN2O3S. The van der Waals surface area contributed by atoms with E-state index in [0.717, 1.165) is 27.3 Å². The lowest BCUT2D eigenvalue weighted by Crippen LogP contribution is -2.38. The lowest BCUT2D eigenvalue weighted by atomic mass is 10.1. The van der Waals surface area contributed by atoms with E-state index in [4.69, 9.17) is 11.6 Å². The van der Waals surface area contributed by atoms with Crippen LogP contribution < -0.4 is 9.62 Å². The molecule has 0 atom stereocenters. The van der Waals surface area contributed by atoms with Gasteiger partial charge in [-0.1, -0.05) is 35.4 Å². The van der Waals surface area contributed by atoms with Crippen molar-refractivity contribution in [2.24, 2.45) is 0 Å². The van der Waals surface area contributed by atoms with Gasteiger partial charge >= 0.3 is 0 Å². The molecule has 0 radical (unpaired) electrons. The summed E-state index contributed by atoms with van der Waals surface area (Å²) in [6, 6.07) is 8.92. The Morgan fingerprint density at radius 1 is 1.12 bits per heavy atom. The molecule has 0 fully saturated rings. The Morgan fingerprint density at radius 3 is 2.23 bits per heavy atom. The summed E-state index contributed by atoms with van der Waals surface area (Å²) < 4.78 is 25.6. The van der Waals surface area contributed by atoms with Crippen molar-refractivity contribution >= 4 is 38.9 Å². The smallest absolute Gasteiger partial charge is 0.245 e. The summed E-state index contributed by atoms with van der Waals surface area (Å²) in [4.78, 5) is 12.6. The van der Waals surface area contributed by atoms with Crippen LogP contribution in [0.15, 0.2) is 30.3 Å². The van der Waals surface area contributed by atoms with Crippen molar-refractivity contribution in [3.05, 3.63) is 57.6 Å². The van der Waals surface area contributed by atoms with Gasteiger partial charge in [0.15, 0.2) is 0 Å². The largest absolute Gasteiger partial charge is 0.324 e. The number of anilines is 2. The molecule has 7 heteroatoms. The first-order valence-electron chi connectivity index (χ1n) is 8.11. The summed E-state index contributed by atoms with van der Waals surface area (Å²) >= 11 is 6.11. The SMILES string of the molecule is Cc1cc(C)c(NC(=O)CN(c2cccc(Cl)c2C)S(C)(=O)=O)c(C)c1. The van der Waals surface area contributed by atoms with Gasteiger partial charge in [0.2, 0.25) is 15.9 Å². The van der Waals surface area contributed by atoms with Crippen LogP contribution in [-0.4, -0.2) is 27.1 Å². The highest BCUT2D eigenvalue weighted by molar-refractivity contribution is 7.92. The molecule has 0 heterocycles. The van der Waals surface area contributed by atoms with Gasteiger partial charge in [-0.25, -0.2) is 8.42 Å². The topological polar surface area (TPSA) is 66.5 Å². The second-order valence-corrected chi connectivity index (χ2v) is 8.79. The highest BCUT2D eigenvalue weighted by Gasteiger charge is 2.23. The maximum absolute atomic E-state index is 12.6. The fourth-order valence-electron chi connectivity index (χ4n) is 2.93. The summed E-state index contributed by atoms with van der Waals surface area (Å²) in [7, 11) is -3.66. The highest BCUT2D eigenvalue weighted by Crippen LogP contribution is 2.28. The molecule has 2 rings (SSSR count). The van der Waals surface area contributed by atoms with E-state index in [9.17, 15) is 13.2 Å². The number of hydrogen-bond donors (Lipinski definition) is 1. The van der Waals surface area contributed by atoms with Crippen molar-refractivity contribution in [2.45, 2.75) is 27.7 Å². The number of sulfonamides is 1. The zero-order valence-corrected chi connectivity index (χ0v) is 17.1. The highest BCUT2D eigenvalue weighted by atomic mass is 35.5. The van der Waals surface area contributed by atoms with Gasteiger partial charge in [-0.3, -0.25) is 9.10 Å². The third-order valence-electron chi connectivity index (χ3n) is 4.14. The molecule has 0 aliphatic rings. The Morgan fingerprint density at radius 2 is 1.69 bits per heavy atom. The van der Waals surface area contributed by atoms with Gasteiger partial charge in [0.25, 0.3) is 0 Å². The maximum Gasteiger partial charge on any atom is 0.245 e. The van der Waals surface area contributed by atoms with Gasteiger partial charge in [-0.15, -0.1) is 0 Å². The van der Waals surface area contributed by atoms with Crippen LogP contribution >= 0.6 is 11.6 Å². The predicted octanol–water partition coefficient (Wildman–Crippen LogP) is 3.98. The molecule has 2 aromatic carbocycles. The Balaban J connectivity index is 2.33. The average molecular weight is 395 g/mol. The maximum atomic E-state index is 12.6. The molecule has 0 bridgehead atoms. The predicted molar refractivity (Wildman–Crippen MR) is 108 cm³/mol. The standard InChI is InChI=1S/C19H23ClN2O3S/c1-12-9-13(2)19(14(3)10-12)21-18(23)11-22(26(5,24)25)17-8-6-7-16(20)15(17)4/h6-10H,11H2,1-5H3,(H,21,23). The van der Waals surface area contributed by atoms with E-state index in [0.29, 0.717) is 22.0 Å². The molecule has 0 saturated heterocycles. The van der Waals surface area contributed by atoms with Gasteiger partial charge in [0, 0.05) is 10.7 Å². The van der Waals surface area contributed by atoms with Crippen LogP contribution in [-0.2, 0) is 14.8 Å². The van der Waals surface area contributed by atoms with Crippen molar-refractivity contribution in [1.29, 1.82) is 0 Å². The zero-order valence-electron chi connectivity index (χ0n) is 15.6. The van der Waals surface area contributed by atoms with Crippen LogP contribution in [0.1, 0.15) is 22.3 Å². The lowest BCUT2D eigenvalue weighted by Gasteiger charge is -2.24. The van der Waals surface area contributed by atoms with Gasteiger partial charge in [0.05, 0.1) is 11.9 Å². The summed E-state index contributed by atoms with van der Waals surface area (Å²) in [5.74, 6) is -0.412. The number of rotatable bonds is 5. The number of halogens is 1. The van der Waals surface area contributed by atoms with E-state index in [1.165, 1.54) is 0 Å². The van der Waals surface area contributed by atoms with Gasteiger partial charge in [-0.05, 0) is 56.5 Å². The molecule has 0 spiro atoms. The minimum absolute atomic E-state index is 0.327. The molecular weight excluding hydrogens is 372 g/mol. The van der Waals surface area contributed by atoms with E-state index in [1.807, 2.05) is 32.9 Å². The monoisotopic (exact) mass is 394 g/mol. The van der Waals surface area contributed by atoms with Crippen LogP contribution in [0.25, 0.3) is 0 Å². The number of benzene rings is 2. The number of nitrogens with one attached hydrogen (secondary N) is 1. The molecule has 1 amide bonds. The molecule has 0 saturated carbocycles. The normalized spacial score (nSPS) is 11.3. The zero-order chi connectivity index (χ0) is 19.6. The van der Waals surface area contributed by atoms with Crippen molar-refractivity contribution < 1.29 is 13.2 Å². The summed E-state index contributed by atoms with van der Waals surface area (Å²) in [6.45, 7) is 7.20. The molecule has 5 nitrogen and oxygen atoms in total. The summed E-state index contributed by atoms with van der Waals surface area (Å²) in [5.41, 5.74) is 4.67. The molecule has 26 heavy (non-hydrogen) atoms. The number of aryl methyl sites for hydroxylation is 3. The van der Waals surface area contributed by atoms with E-state index >= 15 is 0 Å². The Hall–Kier alpha value is -2.05. The molecule has 140 valence electrons. The van der Waals surface area contributed by atoms with Gasteiger partial charge in [-0.2, -0.15) is 0 Å². The minimum Gasteiger partial charge on any atom is -0.324 e. The third kappa shape index (κ3) is 4.56. The van der Waals surface area contributed by atoms with E-state index in [1.54, 1.807) is 25.1 Å². The van der Waals surface area contributed by atoms with Crippen molar-refractivity contribution in [3.63, 3.8) is 0 Å². The van der Waals surface area contributed by atoms with E-state index < -0.39 is 15.9 Å². The first-order chi connectivity index (χ1) is 12.0. The lowest BCUT2D eigenvalue weighted by molar-refractivity contribution is -0.114. The van der Waals surface area contributed by atoms with E-state index in [2.05, 4.69) is 5.32 Å². The Labute approximate surface area is 160 Å². The number of carbonyl (C=O) groups excluding carboxylic acids is 1. The molecule has 0 aromatic heterocycles. The molecule has 1 N–H and O–H groups in total. The van der Waals surface area contributed by atoms with Crippen molar-refractivity contribution in [2.75, 3.05) is 22.4 Å². The van der Waals surface area contributed by atoms with Gasteiger partial charge < -0.3 is 5.32 Å². The number of amides is 1. The second kappa shape index (κ2) is 7.68. The van der Waals surface area contributed by atoms with Crippen LogP contribution in [0.2, 0.25) is 5.02 Å². The number of hydrogen-bond acceptors (Lipinski definition) is 3. The second-order valence-electron chi connectivity index (χ2n) is 6.48. The molecule has 0 aliphatic carbocycles. The van der Waals surface area contributed by atoms with Crippen molar-refractivity contribution in [3.8, 4) is 0 Å².